The average molecular weight is 415 g/mol. The van der Waals surface area contributed by atoms with Crippen LogP contribution in [0.15, 0.2) is 36.7 Å². The summed E-state index contributed by atoms with van der Waals surface area (Å²) in [6, 6.07) is 7.74. The Labute approximate surface area is 173 Å². The van der Waals surface area contributed by atoms with E-state index in [0.29, 0.717) is 16.6 Å². The lowest BCUT2D eigenvalue weighted by atomic mass is 10.1. The number of nitrogens with zero attached hydrogens (tertiary/aromatic N) is 6. The summed E-state index contributed by atoms with van der Waals surface area (Å²) in [5, 5.41) is 14.7. The van der Waals surface area contributed by atoms with Gasteiger partial charge < -0.3 is 0 Å². The van der Waals surface area contributed by atoms with E-state index >= 15 is 0 Å². The quantitative estimate of drug-likeness (QED) is 0.487. The summed E-state index contributed by atoms with van der Waals surface area (Å²) in [6.45, 7) is 4.66. The van der Waals surface area contributed by atoms with Crippen LogP contribution in [0.4, 0.5) is 0 Å². The fourth-order valence-electron chi connectivity index (χ4n) is 3.20. The van der Waals surface area contributed by atoms with Crippen molar-refractivity contribution in [1.82, 2.24) is 29.3 Å². The number of hydrogen-bond donors (Lipinski definition) is 0. The Balaban J connectivity index is 1.84. The van der Waals surface area contributed by atoms with Gasteiger partial charge in [0.15, 0.2) is 0 Å². The van der Waals surface area contributed by atoms with E-state index < -0.39 is 0 Å². The lowest BCUT2D eigenvalue weighted by Crippen LogP contribution is -2.04. The second-order valence-corrected chi connectivity index (χ2v) is 7.67. The average Bonchev–Trinajstić information content (AvgIpc) is 3.31. The van der Waals surface area contributed by atoms with E-state index in [1.807, 2.05) is 72.6 Å². The minimum Gasteiger partial charge on any atom is -0.272 e. The Kier molecular flexibility index (Phi) is 4.77. The molecule has 0 aliphatic carbocycles. The van der Waals surface area contributed by atoms with Crippen LogP contribution < -0.4 is 0 Å². The van der Waals surface area contributed by atoms with Gasteiger partial charge in [-0.2, -0.15) is 15.3 Å². The normalized spacial score (nSPS) is 11.4. The van der Waals surface area contributed by atoms with Crippen molar-refractivity contribution in [2.24, 2.45) is 14.1 Å². The van der Waals surface area contributed by atoms with Crippen molar-refractivity contribution in [3.63, 3.8) is 0 Å². The number of hydrogen-bond acceptors (Lipinski definition) is 3. The summed E-state index contributed by atoms with van der Waals surface area (Å²) in [5.41, 5.74) is 7.09. The molecule has 0 fully saturated rings. The van der Waals surface area contributed by atoms with Crippen molar-refractivity contribution in [1.29, 1.82) is 0 Å². The molecule has 0 aliphatic rings. The van der Waals surface area contributed by atoms with Crippen molar-refractivity contribution >= 4 is 23.2 Å². The standard InChI is InChI=1S/C20H20Cl2N6/c1-12-15(9-23-26(12)3)19-8-20(16-10-24-27(4)13(16)2)28(25-19)11-14-5-6-17(21)18(22)7-14/h5-10H,11H2,1-4H3. The highest BCUT2D eigenvalue weighted by Crippen LogP contribution is 2.31. The second-order valence-electron chi connectivity index (χ2n) is 6.86. The summed E-state index contributed by atoms with van der Waals surface area (Å²) in [5.74, 6) is 0. The summed E-state index contributed by atoms with van der Waals surface area (Å²) in [7, 11) is 3.86. The fraction of sp³-hybridized carbons (Fsp3) is 0.250. The second kappa shape index (κ2) is 7.11. The van der Waals surface area contributed by atoms with Gasteiger partial charge in [0.25, 0.3) is 0 Å². The van der Waals surface area contributed by atoms with Crippen LogP contribution in [-0.4, -0.2) is 29.3 Å². The molecule has 0 atom stereocenters. The number of rotatable bonds is 4. The third-order valence-corrected chi connectivity index (χ3v) is 5.86. The van der Waals surface area contributed by atoms with Gasteiger partial charge in [0.2, 0.25) is 0 Å². The molecule has 0 radical (unpaired) electrons. The molecule has 0 N–H and O–H groups in total. The molecule has 0 spiro atoms. The lowest BCUT2D eigenvalue weighted by Gasteiger charge is -2.08. The highest BCUT2D eigenvalue weighted by atomic mass is 35.5. The molecule has 3 heterocycles. The Morgan fingerprint density at radius 3 is 2.07 bits per heavy atom. The van der Waals surface area contributed by atoms with Crippen LogP contribution in [0.5, 0.6) is 0 Å². The minimum atomic E-state index is 0.536. The van der Waals surface area contributed by atoms with Gasteiger partial charge in [-0.15, -0.1) is 0 Å². The van der Waals surface area contributed by atoms with Crippen molar-refractivity contribution in [2.45, 2.75) is 20.4 Å². The predicted octanol–water partition coefficient (Wildman–Crippen LogP) is 4.66. The minimum absolute atomic E-state index is 0.536. The molecule has 0 bridgehead atoms. The molecule has 0 unspecified atom stereocenters. The van der Waals surface area contributed by atoms with Crippen LogP contribution in [0.2, 0.25) is 10.0 Å². The van der Waals surface area contributed by atoms with E-state index in [2.05, 4.69) is 16.3 Å². The van der Waals surface area contributed by atoms with E-state index in [9.17, 15) is 0 Å². The summed E-state index contributed by atoms with van der Waals surface area (Å²) >= 11 is 12.3. The molecular weight excluding hydrogens is 395 g/mol. The third kappa shape index (κ3) is 3.23. The van der Waals surface area contributed by atoms with Gasteiger partial charge in [-0.25, -0.2) is 0 Å². The van der Waals surface area contributed by atoms with Gasteiger partial charge in [-0.05, 0) is 37.6 Å². The van der Waals surface area contributed by atoms with Gasteiger partial charge in [0.1, 0.15) is 0 Å². The lowest BCUT2D eigenvalue weighted by molar-refractivity contribution is 0.695. The smallest absolute Gasteiger partial charge is 0.0964 e. The molecule has 1 aromatic carbocycles. The zero-order chi connectivity index (χ0) is 20.0. The zero-order valence-electron chi connectivity index (χ0n) is 16.1. The van der Waals surface area contributed by atoms with Gasteiger partial charge in [0, 0.05) is 36.6 Å². The maximum absolute atomic E-state index is 6.20. The van der Waals surface area contributed by atoms with Gasteiger partial charge in [0.05, 0.1) is 40.4 Å². The van der Waals surface area contributed by atoms with Gasteiger partial charge >= 0.3 is 0 Å². The Morgan fingerprint density at radius 2 is 1.50 bits per heavy atom. The maximum Gasteiger partial charge on any atom is 0.0964 e. The first-order valence-electron chi connectivity index (χ1n) is 8.85. The van der Waals surface area contributed by atoms with Crippen LogP contribution in [0.1, 0.15) is 17.0 Å². The first-order valence-corrected chi connectivity index (χ1v) is 9.60. The molecule has 144 valence electrons. The van der Waals surface area contributed by atoms with Crippen LogP contribution in [0.3, 0.4) is 0 Å². The SMILES string of the molecule is Cc1c(-c2cc(-c3cnn(C)c3C)n(Cc3ccc(Cl)c(Cl)c3)n2)cnn1C. The first kappa shape index (κ1) is 18.8. The Bertz CT molecular complexity index is 1170. The van der Waals surface area contributed by atoms with Crippen LogP contribution in [-0.2, 0) is 20.6 Å². The molecule has 4 aromatic rings. The molecule has 0 saturated carbocycles. The maximum atomic E-state index is 6.20. The molecule has 0 aliphatic heterocycles. The van der Waals surface area contributed by atoms with E-state index in [0.717, 1.165) is 39.5 Å². The Morgan fingerprint density at radius 1 is 0.857 bits per heavy atom. The molecule has 6 nitrogen and oxygen atoms in total. The number of halogens is 2. The van der Waals surface area contributed by atoms with Crippen molar-refractivity contribution in [3.8, 4) is 22.5 Å². The van der Waals surface area contributed by atoms with Crippen LogP contribution in [0, 0.1) is 13.8 Å². The molecule has 28 heavy (non-hydrogen) atoms. The van der Waals surface area contributed by atoms with Crippen molar-refractivity contribution < 1.29 is 0 Å². The van der Waals surface area contributed by atoms with E-state index in [-0.39, 0.29) is 0 Å². The molecule has 0 saturated heterocycles. The molecule has 0 amide bonds. The first-order chi connectivity index (χ1) is 13.3. The molecular formula is C20H20Cl2N6. The Hall–Kier alpha value is -2.57. The van der Waals surface area contributed by atoms with Gasteiger partial charge in [-0.1, -0.05) is 29.3 Å². The zero-order valence-corrected chi connectivity index (χ0v) is 17.6. The number of benzene rings is 1. The van der Waals surface area contributed by atoms with Gasteiger partial charge in [-0.3, -0.25) is 14.0 Å². The largest absolute Gasteiger partial charge is 0.272 e. The molecule has 3 aromatic heterocycles. The number of aryl methyl sites for hydroxylation is 2. The third-order valence-electron chi connectivity index (χ3n) is 5.12. The topological polar surface area (TPSA) is 53.5 Å². The highest BCUT2D eigenvalue weighted by Gasteiger charge is 2.18. The fourth-order valence-corrected chi connectivity index (χ4v) is 3.52. The molecule has 8 heteroatoms. The predicted molar refractivity (Wildman–Crippen MR) is 112 cm³/mol. The molecule has 4 rings (SSSR count). The summed E-state index contributed by atoms with van der Waals surface area (Å²) < 4.78 is 5.69. The van der Waals surface area contributed by atoms with Crippen molar-refractivity contribution in [3.05, 3.63) is 63.7 Å². The monoisotopic (exact) mass is 414 g/mol. The van der Waals surface area contributed by atoms with Crippen LogP contribution >= 0.6 is 23.2 Å². The van der Waals surface area contributed by atoms with E-state index in [1.54, 1.807) is 0 Å². The highest BCUT2D eigenvalue weighted by molar-refractivity contribution is 6.42. The summed E-state index contributed by atoms with van der Waals surface area (Å²) in [4.78, 5) is 0. The van der Waals surface area contributed by atoms with Crippen molar-refractivity contribution in [2.75, 3.05) is 0 Å². The summed E-state index contributed by atoms with van der Waals surface area (Å²) in [6.07, 6.45) is 3.72. The van der Waals surface area contributed by atoms with E-state index in [4.69, 9.17) is 28.3 Å². The van der Waals surface area contributed by atoms with Crippen LogP contribution in [0.25, 0.3) is 22.5 Å². The number of aromatic nitrogens is 6. The van der Waals surface area contributed by atoms with E-state index in [1.165, 1.54) is 0 Å².